The molecule has 0 spiro atoms. The summed E-state index contributed by atoms with van der Waals surface area (Å²) in [4.78, 5) is 5.28. The minimum atomic E-state index is 0.289. The molecular formula is C26H31NO4. The number of rotatable bonds is 6. The predicted octanol–water partition coefficient (Wildman–Crippen LogP) is 5.52. The number of methoxy groups -OCH3 is 3. The molecule has 2 fully saturated rings. The molecule has 31 heavy (non-hydrogen) atoms. The van der Waals surface area contributed by atoms with E-state index < -0.39 is 0 Å². The molecule has 5 heteroatoms. The summed E-state index contributed by atoms with van der Waals surface area (Å²) in [5.74, 6) is 3.55. The minimum Gasteiger partial charge on any atom is -0.493 e. The molecule has 1 aliphatic heterocycles. The van der Waals surface area contributed by atoms with Crippen LogP contribution in [0.1, 0.15) is 67.6 Å². The molecule has 5 nitrogen and oxygen atoms in total. The Bertz CT molecular complexity index is 995. The molecule has 2 aliphatic carbocycles. The van der Waals surface area contributed by atoms with Crippen LogP contribution in [0, 0.1) is 0 Å². The summed E-state index contributed by atoms with van der Waals surface area (Å²) in [7, 11) is 5.08. The summed E-state index contributed by atoms with van der Waals surface area (Å²) < 4.78 is 23.1. The van der Waals surface area contributed by atoms with Crippen molar-refractivity contribution < 1.29 is 18.9 Å². The van der Waals surface area contributed by atoms with Crippen LogP contribution >= 0.6 is 0 Å². The second kappa shape index (κ2) is 8.45. The molecule has 1 heterocycles. The first kappa shape index (κ1) is 20.2. The summed E-state index contributed by atoms with van der Waals surface area (Å²) in [5, 5.41) is 0. The molecule has 0 aromatic heterocycles. The van der Waals surface area contributed by atoms with Gasteiger partial charge in [-0.3, -0.25) is 4.99 Å². The van der Waals surface area contributed by atoms with Crippen LogP contribution in [0.3, 0.4) is 0 Å². The van der Waals surface area contributed by atoms with Gasteiger partial charge in [-0.25, -0.2) is 0 Å². The average Bonchev–Trinajstić information content (AvgIpc) is 2.79. The van der Waals surface area contributed by atoms with E-state index in [0.717, 1.165) is 59.1 Å². The van der Waals surface area contributed by atoms with Crippen molar-refractivity contribution in [3.63, 3.8) is 0 Å². The van der Waals surface area contributed by atoms with E-state index in [1.165, 1.54) is 31.2 Å². The van der Waals surface area contributed by atoms with Crippen LogP contribution in [0.25, 0.3) is 0 Å². The highest BCUT2D eigenvalue weighted by molar-refractivity contribution is 6.15. The molecular weight excluding hydrogens is 390 g/mol. The first-order valence-electron chi connectivity index (χ1n) is 11.4. The van der Waals surface area contributed by atoms with E-state index in [0.29, 0.717) is 12.0 Å². The summed E-state index contributed by atoms with van der Waals surface area (Å²) in [6.45, 7) is 0. The van der Waals surface area contributed by atoms with Gasteiger partial charge in [0.25, 0.3) is 0 Å². The fourth-order valence-corrected chi connectivity index (χ4v) is 5.08. The minimum absolute atomic E-state index is 0.289. The van der Waals surface area contributed by atoms with Crippen molar-refractivity contribution in [2.75, 3.05) is 21.3 Å². The fourth-order valence-electron chi connectivity index (χ4n) is 5.08. The van der Waals surface area contributed by atoms with Gasteiger partial charge in [0.05, 0.1) is 39.2 Å². The van der Waals surface area contributed by atoms with Gasteiger partial charge in [0.2, 0.25) is 0 Å². The van der Waals surface area contributed by atoms with Gasteiger partial charge in [0, 0.05) is 17.0 Å². The SMILES string of the molecule is COc1cc2c(cc1OC)C1CCCCC1N=C2c1ccc(OC)c(OC2CCC2)c1. The van der Waals surface area contributed by atoms with Gasteiger partial charge in [-0.1, -0.05) is 12.8 Å². The molecule has 3 aliphatic rings. The molecule has 0 amide bonds. The molecule has 2 saturated carbocycles. The van der Waals surface area contributed by atoms with Crippen LogP contribution in [0.4, 0.5) is 0 Å². The van der Waals surface area contributed by atoms with Crippen molar-refractivity contribution in [3.8, 4) is 23.0 Å². The van der Waals surface area contributed by atoms with Gasteiger partial charge in [-0.2, -0.15) is 0 Å². The molecule has 2 aromatic rings. The van der Waals surface area contributed by atoms with Crippen LogP contribution in [0.5, 0.6) is 23.0 Å². The Balaban J connectivity index is 1.61. The van der Waals surface area contributed by atoms with Gasteiger partial charge in [-0.05, 0) is 68.0 Å². The number of nitrogens with zero attached hydrogens (tertiary/aromatic N) is 1. The van der Waals surface area contributed by atoms with Crippen molar-refractivity contribution in [1.29, 1.82) is 0 Å². The molecule has 0 saturated heterocycles. The summed E-state index contributed by atoms with van der Waals surface area (Å²) in [6, 6.07) is 10.8. The summed E-state index contributed by atoms with van der Waals surface area (Å²) in [5.41, 5.74) is 4.54. The summed E-state index contributed by atoms with van der Waals surface area (Å²) >= 11 is 0. The maximum Gasteiger partial charge on any atom is 0.162 e. The van der Waals surface area contributed by atoms with E-state index in [-0.39, 0.29) is 6.10 Å². The fraction of sp³-hybridized carbons (Fsp3) is 0.500. The van der Waals surface area contributed by atoms with Crippen molar-refractivity contribution >= 4 is 5.71 Å². The highest BCUT2D eigenvalue weighted by Crippen LogP contribution is 2.45. The van der Waals surface area contributed by atoms with Crippen LogP contribution in [0.2, 0.25) is 0 Å². The smallest absolute Gasteiger partial charge is 0.162 e. The third-order valence-electron chi connectivity index (χ3n) is 7.02. The molecule has 5 rings (SSSR count). The van der Waals surface area contributed by atoms with E-state index in [1.807, 2.05) is 6.07 Å². The number of ether oxygens (including phenoxy) is 4. The van der Waals surface area contributed by atoms with Crippen LogP contribution in [0.15, 0.2) is 35.3 Å². The van der Waals surface area contributed by atoms with Gasteiger partial charge >= 0.3 is 0 Å². The Morgan fingerprint density at radius 1 is 0.742 bits per heavy atom. The number of fused-ring (bicyclic) bond motifs is 3. The maximum absolute atomic E-state index is 6.26. The maximum atomic E-state index is 6.26. The molecule has 0 N–H and O–H groups in total. The molecule has 0 bridgehead atoms. The highest BCUT2D eigenvalue weighted by Gasteiger charge is 2.35. The third kappa shape index (κ3) is 3.64. The Morgan fingerprint density at radius 3 is 2.19 bits per heavy atom. The first-order valence-corrected chi connectivity index (χ1v) is 11.4. The molecule has 2 unspecified atom stereocenters. The standard InChI is InChI=1S/C26H31NO4/c1-28-22-12-11-16(13-25(22)31-17-7-6-8-17)26-20-15-24(30-3)23(29-2)14-19(20)18-9-4-5-10-21(18)27-26/h11-15,17-18,21H,4-10H2,1-3H3. The van der Waals surface area contributed by atoms with Gasteiger partial charge in [-0.15, -0.1) is 0 Å². The monoisotopic (exact) mass is 421 g/mol. The normalized spacial score (nSPS) is 22.5. The van der Waals surface area contributed by atoms with Crippen LogP contribution < -0.4 is 18.9 Å². The lowest BCUT2D eigenvalue weighted by Crippen LogP contribution is -2.29. The first-order chi connectivity index (χ1) is 15.2. The Labute approximate surface area is 184 Å². The van der Waals surface area contributed by atoms with Gasteiger partial charge < -0.3 is 18.9 Å². The Morgan fingerprint density at radius 2 is 1.48 bits per heavy atom. The van der Waals surface area contributed by atoms with Crippen molar-refractivity contribution in [3.05, 3.63) is 47.0 Å². The molecule has 2 atom stereocenters. The van der Waals surface area contributed by atoms with Crippen molar-refractivity contribution in [2.24, 2.45) is 4.99 Å². The van der Waals surface area contributed by atoms with Crippen molar-refractivity contribution in [1.82, 2.24) is 0 Å². The van der Waals surface area contributed by atoms with Crippen LogP contribution in [-0.4, -0.2) is 39.2 Å². The highest BCUT2D eigenvalue weighted by atomic mass is 16.5. The van der Waals surface area contributed by atoms with E-state index in [1.54, 1.807) is 21.3 Å². The number of benzene rings is 2. The average molecular weight is 422 g/mol. The lowest BCUT2D eigenvalue weighted by Gasteiger charge is -2.36. The lowest BCUT2D eigenvalue weighted by molar-refractivity contribution is 0.116. The molecule has 2 aromatic carbocycles. The third-order valence-corrected chi connectivity index (χ3v) is 7.02. The molecule has 164 valence electrons. The zero-order valence-electron chi connectivity index (χ0n) is 18.6. The van der Waals surface area contributed by atoms with E-state index in [4.69, 9.17) is 23.9 Å². The van der Waals surface area contributed by atoms with Crippen LogP contribution in [-0.2, 0) is 0 Å². The number of hydrogen-bond donors (Lipinski definition) is 0. The summed E-state index contributed by atoms with van der Waals surface area (Å²) in [6.07, 6.45) is 8.53. The topological polar surface area (TPSA) is 49.3 Å². The lowest BCUT2D eigenvalue weighted by atomic mass is 9.75. The van der Waals surface area contributed by atoms with E-state index >= 15 is 0 Å². The zero-order valence-corrected chi connectivity index (χ0v) is 18.6. The number of aliphatic imine (C=N–C) groups is 1. The van der Waals surface area contributed by atoms with E-state index in [2.05, 4.69) is 24.3 Å². The number of hydrogen-bond acceptors (Lipinski definition) is 5. The van der Waals surface area contributed by atoms with E-state index in [9.17, 15) is 0 Å². The van der Waals surface area contributed by atoms with Gasteiger partial charge in [0.1, 0.15) is 0 Å². The predicted molar refractivity (Wildman–Crippen MR) is 121 cm³/mol. The second-order valence-electron chi connectivity index (χ2n) is 8.77. The molecule has 0 radical (unpaired) electrons. The van der Waals surface area contributed by atoms with Crippen molar-refractivity contribution in [2.45, 2.75) is 63.0 Å². The largest absolute Gasteiger partial charge is 0.493 e. The quantitative estimate of drug-likeness (QED) is 0.616. The van der Waals surface area contributed by atoms with Gasteiger partial charge in [0.15, 0.2) is 23.0 Å². The second-order valence-corrected chi connectivity index (χ2v) is 8.77. The Kier molecular flexibility index (Phi) is 5.51. The Hall–Kier alpha value is -2.69. The zero-order chi connectivity index (χ0) is 21.4.